The summed E-state index contributed by atoms with van der Waals surface area (Å²) in [5, 5.41) is 0. The molecule has 1 heterocycles. The monoisotopic (exact) mass is 209 g/mol. The van der Waals surface area contributed by atoms with Gasteiger partial charge >= 0.3 is 0 Å². The summed E-state index contributed by atoms with van der Waals surface area (Å²) in [7, 11) is 0. The lowest BCUT2D eigenvalue weighted by Gasteiger charge is -1.92. The second-order valence-electron chi connectivity index (χ2n) is 3.11. The zero-order chi connectivity index (χ0) is 11.0. The molecule has 0 saturated heterocycles. The van der Waals surface area contributed by atoms with E-state index in [2.05, 4.69) is 4.98 Å². The molecule has 15 heavy (non-hydrogen) atoms. The van der Waals surface area contributed by atoms with Crippen molar-refractivity contribution in [2.45, 2.75) is 34.6 Å². The van der Waals surface area contributed by atoms with Gasteiger partial charge in [-0.1, -0.05) is 13.5 Å². The van der Waals surface area contributed by atoms with Gasteiger partial charge in [0.1, 0.15) is 11.6 Å². The highest BCUT2D eigenvalue weighted by molar-refractivity contribution is 5.77. The maximum Gasteiger partial charge on any atom is 0.135 e. The summed E-state index contributed by atoms with van der Waals surface area (Å²) in [5.41, 5.74) is 0.843. The lowest BCUT2D eigenvalue weighted by atomic mass is 10.2. The third kappa shape index (κ3) is 12.5. The molecule has 0 unspecified atom stereocenters. The van der Waals surface area contributed by atoms with E-state index in [1.165, 1.54) is 13.8 Å². The second-order valence-corrected chi connectivity index (χ2v) is 3.11. The predicted molar refractivity (Wildman–Crippen MR) is 61.7 cm³/mol. The van der Waals surface area contributed by atoms with Gasteiger partial charge in [-0.05, 0) is 32.9 Å². The Kier molecular flexibility index (Phi) is 9.63. The Morgan fingerprint density at radius 2 is 1.73 bits per heavy atom. The SMILES string of the molecule is C.CC(=O)Cc1ccccn1.CC(C)=O. The number of ketones is 2. The van der Waals surface area contributed by atoms with E-state index in [1.807, 2.05) is 18.2 Å². The van der Waals surface area contributed by atoms with E-state index in [1.54, 1.807) is 13.1 Å². The van der Waals surface area contributed by atoms with Crippen molar-refractivity contribution in [3.8, 4) is 0 Å². The summed E-state index contributed by atoms with van der Waals surface area (Å²) < 4.78 is 0. The molecule has 0 aliphatic rings. The Hall–Kier alpha value is -1.51. The highest BCUT2D eigenvalue weighted by Crippen LogP contribution is 1.94. The first-order valence-electron chi connectivity index (χ1n) is 4.39. The van der Waals surface area contributed by atoms with Crippen LogP contribution in [0.2, 0.25) is 0 Å². The van der Waals surface area contributed by atoms with Crippen LogP contribution in [0, 0.1) is 0 Å². The van der Waals surface area contributed by atoms with E-state index >= 15 is 0 Å². The average molecular weight is 209 g/mol. The Labute approximate surface area is 91.5 Å². The number of nitrogens with zero attached hydrogens (tertiary/aromatic N) is 1. The van der Waals surface area contributed by atoms with Gasteiger partial charge in [0.05, 0.1) is 0 Å². The van der Waals surface area contributed by atoms with E-state index < -0.39 is 0 Å². The first-order valence-corrected chi connectivity index (χ1v) is 4.39. The maximum absolute atomic E-state index is 10.6. The van der Waals surface area contributed by atoms with Crippen molar-refractivity contribution in [1.29, 1.82) is 0 Å². The molecule has 1 aromatic rings. The van der Waals surface area contributed by atoms with Gasteiger partial charge < -0.3 is 4.79 Å². The lowest BCUT2D eigenvalue weighted by Crippen LogP contribution is -1.97. The summed E-state index contributed by atoms with van der Waals surface area (Å²) in [6, 6.07) is 5.57. The Morgan fingerprint density at radius 3 is 2.07 bits per heavy atom. The van der Waals surface area contributed by atoms with Crippen LogP contribution in [0.3, 0.4) is 0 Å². The van der Waals surface area contributed by atoms with Gasteiger partial charge in [-0.15, -0.1) is 0 Å². The first-order chi connectivity index (χ1) is 6.52. The molecule has 0 bridgehead atoms. The minimum Gasteiger partial charge on any atom is -0.300 e. The summed E-state index contributed by atoms with van der Waals surface area (Å²) in [6.07, 6.45) is 2.14. The number of pyridine rings is 1. The number of carbonyl (C=O) groups excluding carboxylic acids is 2. The molecule has 1 aromatic heterocycles. The molecule has 0 aliphatic heterocycles. The van der Waals surface area contributed by atoms with Crippen LogP contribution in [0.1, 0.15) is 33.9 Å². The summed E-state index contributed by atoms with van der Waals surface area (Å²) in [6.45, 7) is 4.62. The third-order valence-electron chi connectivity index (χ3n) is 1.16. The van der Waals surface area contributed by atoms with E-state index in [4.69, 9.17) is 0 Å². The van der Waals surface area contributed by atoms with Crippen molar-refractivity contribution in [2.75, 3.05) is 0 Å². The van der Waals surface area contributed by atoms with Crippen molar-refractivity contribution < 1.29 is 9.59 Å². The molecule has 0 aliphatic carbocycles. The van der Waals surface area contributed by atoms with Gasteiger partial charge in [-0.25, -0.2) is 0 Å². The smallest absolute Gasteiger partial charge is 0.135 e. The molecule has 1 rings (SSSR count). The van der Waals surface area contributed by atoms with Crippen molar-refractivity contribution >= 4 is 11.6 Å². The van der Waals surface area contributed by atoms with Crippen molar-refractivity contribution in [1.82, 2.24) is 4.98 Å². The number of hydrogen-bond acceptors (Lipinski definition) is 3. The molecule has 0 fully saturated rings. The molecule has 0 atom stereocenters. The standard InChI is InChI=1S/C8H9NO.C3H6O.CH4/c1-7(10)6-8-4-2-3-5-9-8;1-3(2)4;/h2-5H,6H2,1H3;1-2H3;1H4. The Bertz CT molecular complexity index is 290. The number of hydrogen-bond donors (Lipinski definition) is 0. The third-order valence-corrected chi connectivity index (χ3v) is 1.16. The van der Waals surface area contributed by atoms with Crippen molar-refractivity contribution in [2.24, 2.45) is 0 Å². The van der Waals surface area contributed by atoms with Gasteiger partial charge in [0.25, 0.3) is 0 Å². The summed E-state index contributed by atoms with van der Waals surface area (Å²) >= 11 is 0. The molecule has 0 aromatic carbocycles. The number of carbonyl (C=O) groups is 2. The number of rotatable bonds is 2. The van der Waals surface area contributed by atoms with Crippen LogP contribution in [-0.4, -0.2) is 16.6 Å². The second kappa shape index (κ2) is 9.06. The van der Waals surface area contributed by atoms with Gasteiger partial charge in [0.2, 0.25) is 0 Å². The van der Waals surface area contributed by atoms with Gasteiger partial charge in [0, 0.05) is 18.3 Å². The Morgan fingerprint density at radius 1 is 1.20 bits per heavy atom. The van der Waals surface area contributed by atoms with Crippen LogP contribution in [0.5, 0.6) is 0 Å². The van der Waals surface area contributed by atoms with Crippen LogP contribution in [0.25, 0.3) is 0 Å². The average Bonchev–Trinajstić information content (AvgIpc) is 2.03. The molecular formula is C12H19NO2. The number of aromatic nitrogens is 1. The van der Waals surface area contributed by atoms with Crippen LogP contribution in [0.4, 0.5) is 0 Å². The van der Waals surface area contributed by atoms with Crippen LogP contribution in [-0.2, 0) is 16.0 Å². The van der Waals surface area contributed by atoms with Crippen molar-refractivity contribution in [3.63, 3.8) is 0 Å². The van der Waals surface area contributed by atoms with E-state index in [-0.39, 0.29) is 19.0 Å². The quantitative estimate of drug-likeness (QED) is 0.751. The molecule has 84 valence electrons. The zero-order valence-corrected chi connectivity index (χ0v) is 8.78. The molecule has 0 N–H and O–H groups in total. The molecular weight excluding hydrogens is 190 g/mol. The lowest BCUT2D eigenvalue weighted by molar-refractivity contribution is -0.116. The molecule has 3 heteroatoms. The van der Waals surface area contributed by atoms with Gasteiger partial charge in [-0.2, -0.15) is 0 Å². The minimum atomic E-state index is 0. The Balaban J connectivity index is 0. The maximum atomic E-state index is 10.6. The minimum absolute atomic E-state index is 0. The zero-order valence-electron chi connectivity index (χ0n) is 8.78. The summed E-state index contributed by atoms with van der Waals surface area (Å²) in [5.74, 6) is 0.318. The van der Waals surface area contributed by atoms with Crippen molar-refractivity contribution in [3.05, 3.63) is 30.1 Å². The fourth-order valence-corrected chi connectivity index (χ4v) is 0.758. The van der Waals surface area contributed by atoms with E-state index in [9.17, 15) is 9.59 Å². The van der Waals surface area contributed by atoms with E-state index in [0.29, 0.717) is 6.42 Å². The first kappa shape index (κ1) is 15.9. The molecule has 3 nitrogen and oxygen atoms in total. The van der Waals surface area contributed by atoms with Crippen LogP contribution < -0.4 is 0 Å². The molecule has 0 saturated carbocycles. The highest BCUT2D eigenvalue weighted by atomic mass is 16.1. The fourth-order valence-electron chi connectivity index (χ4n) is 0.758. The highest BCUT2D eigenvalue weighted by Gasteiger charge is 1.95. The van der Waals surface area contributed by atoms with Crippen LogP contribution >= 0.6 is 0 Å². The van der Waals surface area contributed by atoms with Crippen LogP contribution in [0.15, 0.2) is 24.4 Å². The topological polar surface area (TPSA) is 47.0 Å². The normalized spacial score (nSPS) is 7.93. The largest absolute Gasteiger partial charge is 0.300 e. The van der Waals surface area contributed by atoms with E-state index in [0.717, 1.165) is 5.69 Å². The molecule has 0 spiro atoms. The number of Topliss-reactive ketones (excluding diaryl/α,β-unsaturated/α-hetero) is 2. The van der Waals surface area contributed by atoms with Gasteiger partial charge in [0.15, 0.2) is 0 Å². The molecule has 0 amide bonds. The fraction of sp³-hybridized carbons (Fsp3) is 0.417. The summed E-state index contributed by atoms with van der Waals surface area (Å²) in [4.78, 5) is 24.0. The molecule has 0 radical (unpaired) electrons. The van der Waals surface area contributed by atoms with Gasteiger partial charge in [-0.3, -0.25) is 9.78 Å². The predicted octanol–water partition coefficient (Wildman–Crippen LogP) is 2.44.